The van der Waals surface area contributed by atoms with Crippen LogP contribution in [0.25, 0.3) is 0 Å². The van der Waals surface area contributed by atoms with Crippen molar-refractivity contribution in [1.29, 1.82) is 0 Å². The zero-order valence-electron chi connectivity index (χ0n) is 14.8. The number of rotatable bonds is 4. The van der Waals surface area contributed by atoms with Crippen molar-refractivity contribution in [3.05, 3.63) is 17.7 Å². The fourth-order valence-electron chi connectivity index (χ4n) is 1.99. The largest absolute Gasteiger partial charge is 0.470 e. The molecule has 0 fully saturated rings. The van der Waals surface area contributed by atoms with Gasteiger partial charge in [-0.1, -0.05) is 20.8 Å². The van der Waals surface area contributed by atoms with E-state index in [1.165, 1.54) is 0 Å². The van der Waals surface area contributed by atoms with E-state index in [9.17, 15) is 5.11 Å². The van der Waals surface area contributed by atoms with Crippen molar-refractivity contribution in [2.45, 2.75) is 71.8 Å². The van der Waals surface area contributed by atoms with Crippen molar-refractivity contribution in [1.82, 2.24) is 5.32 Å². The van der Waals surface area contributed by atoms with Crippen molar-refractivity contribution in [2.75, 3.05) is 11.5 Å². The third-order valence-electron chi connectivity index (χ3n) is 3.31. The normalized spacial score (nSPS) is 15.5. The Hall–Kier alpha value is -1.46. The molecule has 0 aliphatic rings. The lowest BCUT2D eigenvalue weighted by Crippen LogP contribution is -2.51. The molecule has 126 valence electrons. The third-order valence-corrected chi connectivity index (χ3v) is 3.31. The Labute approximate surface area is 134 Å². The predicted molar refractivity (Wildman–Crippen MR) is 93.0 cm³/mol. The van der Waals surface area contributed by atoms with E-state index in [4.69, 9.17) is 16.2 Å². The summed E-state index contributed by atoms with van der Waals surface area (Å²) in [6.07, 6.45) is -1.27. The summed E-state index contributed by atoms with van der Waals surface area (Å²) in [5.74, 6) is 0.493. The Morgan fingerprint density at radius 3 is 2.05 bits per heavy atom. The number of aliphatic hydroxyl groups is 1. The van der Waals surface area contributed by atoms with E-state index in [0.29, 0.717) is 17.1 Å². The molecular weight excluding hydrogens is 278 g/mol. The van der Waals surface area contributed by atoms with Gasteiger partial charge in [0.2, 0.25) is 0 Å². The van der Waals surface area contributed by atoms with Gasteiger partial charge >= 0.3 is 0 Å². The van der Waals surface area contributed by atoms with E-state index in [1.54, 1.807) is 6.92 Å². The van der Waals surface area contributed by atoms with E-state index in [-0.39, 0.29) is 11.0 Å². The standard InChI is InChI=1S/C17H31N3O2/c1-10(21)15(20-17(5,6)7)22-13-9-11(16(2,3)4)8-12(18)14(13)19/h8-10,15,20-21H,18-19H2,1-7H3. The molecule has 22 heavy (non-hydrogen) atoms. The first-order valence-electron chi connectivity index (χ1n) is 7.63. The first-order valence-corrected chi connectivity index (χ1v) is 7.63. The topological polar surface area (TPSA) is 93.5 Å². The van der Waals surface area contributed by atoms with Crippen LogP contribution in [0.15, 0.2) is 12.1 Å². The lowest BCUT2D eigenvalue weighted by molar-refractivity contribution is 0.0117. The van der Waals surface area contributed by atoms with Gasteiger partial charge in [-0.3, -0.25) is 5.32 Å². The van der Waals surface area contributed by atoms with Gasteiger partial charge in [0.05, 0.1) is 11.4 Å². The van der Waals surface area contributed by atoms with Crippen LogP contribution in [0.4, 0.5) is 11.4 Å². The zero-order valence-corrected chi connectivity index (χ0v) is 14.8. The Bertz CT molecular complexity index is 514. The monoisotopic (exact) mass is 309 g/mol. The summed E-state index contributed by atoms with van der Waals surface area (Å²) in [4.78, 5) is 0. The van der Waals surface area contributed by atoms with Crippen LogP contribution in [0.5, 0.6) is 5.75 Å². The van der Waals surface area contributed by atoms with Crippen molar-refractivity contribution >= 4 is 11.4 Å². The van der Waals surface area contributed by atoms with Crippen LogP contribution in [0, 0.1) is 0 Å². The number of anilines is 2. The summed E-state index contributed by atoms with van der Waals surface area (Å²) in [6, 6.07) is 3.77. The number of benzene rings is 1. The lowest BCUT2D eigenvalue weighted by atomic mass is 9.86. The number of nitrogens with one attached hydrogen (secondary N) is 1. The summed E-state index contributed by atoms with van der Waals surface area (Å²) in [5.41, 5.74) is 13.7. The van der Waals surface area contributed by atoms with Crippen LogP contribution in [-0.4, -0.2) is 23.0 Å². The molecule has 1 aromatic carbocycles. The molecule has 0 spiro atoms. The molecule has 0 bridgehead atoms. The van der Waals surface area contributed by atoms with Crippen molar-refractivity contribution in [3.63, 3.8) is 0 Å². The Morgan fingerprint density at radius 1 is 1.09 bits per heavy atom. The highest BCUT2D eigenvalue weighted by molar-refractivity contribution is 5.72. The van der Waals surface area contributed by atoms with E-state index in [0.717, 1.165) is 5.56 Å². The number of nitrogen functional groups attached to an aromatic ring is 2. The van der Waals surface area contributed by atoms with Crippen LogP contribution in [-0.2, 0) is 5.41 Å². The second-order valence-electron chi connectivity index (χ2n) is 7.90. The first-order chi connectivity index (χ1) is 9.81. The average molecular weight is 309 g/mol. The van der Waals surface area contributed by atoms with Crippen LogP contribution in [0.2, 0.25) is 0 Å². The number of hydrogen-bond donors (Lipinski definition) is 4. The highest BCUT2D eigenvalue weighted by Gasteiger charge is 2.25. The fourth-order valence-corrected chi connectivity index (χ4v) is 1.99. The lowest BCUT2D eigenvalue weighted by Gasteiger charge is -2.31. The number of hydrogen-bond acceptors (Lipinski definition) is 5. The molecule has 0 radical (unpaired) electrons. The molecule has 0 saturated heterocycles. The maximum Gasteiger partial charge on any atom is 0.176 e. The van der Waals surface area contributed by atoms with Crippen molar-refractivity contribution in [3.8, 4) is 5.75 Å². The van der Waals surface area contributed by atoms with Gasteiger partial charge in [-0.15, -0.1) is 0 Å². The number of ether oxygens (including phenoxy) is 1. The first kappa shape index (κ1) is 18.6. The van der Waals surface area contributed by atoms with Gasteiger partial charge in [0.15, 0.2) is 6.23 Å². The molecule has 1 rings (SSSR count). The summed E-state index contributed by atoms with van der Waals surface area (Å²) < 4.78 is 5.93. The number of aliphatic hydroxyl groups excluding tert-OH is 1. The summed E-state index contributed by atoms with van der Waals surface area (Å²) in [7, 11) is 0. The summed E-state index contributed by atoms with van der Waals surface area (Å²) in [5, 5.41) is 13.2. The molecule has 0 saturated carbocycles. The Balaban J connectivity index is 3.16. The molecule has 5 heteroatoms. The fraction of sp³-hybridized carbons (Fsp3) is 0.647. The molecule has 0 aromatic heterocycles. The van der Waals surface area contributed by atoms with Gasteiger partial charge in [0.25, 0.3) is 0 Å². The van der Waals surface area contributed by atoms with Gasteiger partial charge < -0.3 is 21.3 Å². The molecule has 0 amide bonds. The van der Waals surface area contributed by atoms with E-state index < -0.39 is 12.3 Å². The molecule has 2 atom stereocenters. The zero-order chi connectivity index (χ0) is 17.3. The molecule has 1 aromatic rings. The van der Waals surface area contributed by atoms with Crippen molar-refractivity contribution in [2.24, 2.45) is 0 Å². The molecule has 0 aliphatic heterocycles. The third kappa shape index (κ3) is 5.07. The molecular formula is C17H31N3O2. The minimum absolute atomic E-state index is 0.0717. The predicted octanol–water partition coefficient (Wildman–Crippen LogP) is 2.62. The Kier molecular flexibility index (Phi) is 5.36. The molecule has 5 nitrogen and oxygen atoms in total. The van der Waals surface area contributed by atoms with Gasteiger partial charge in [0.1, 0.15) is 11.9 Å². The van der Waals surface area contributed by atoms with E-state index >= 15 is 0 Å². The van der Waals surface area contributed by atoms with E-state index in [1.807, 2.05) is 32.9 Å². The SMILES string of the molecule is CC(O)C(NC(C)(C)C)Oc1cc(C(C)(C)C)cc(N)c1N. The smallest absolute Gasteiger partial charge is 0.176 e. The molecule has 0 heterocycles. The number of nitrogens with two attached hydrogens (primary N) is 2. The average Bonchev–Trinajstić information content (AvgIpc) is 2.30. The minimum Gasteiger partial charge on any atom is -0.470 e. The molecule has 6 N–H and O–H groups in total. The molecule has 2 unspecified atom stereocenters. The van der Waals surface area contributed by atoms with Gasteiger partial charge in [-0.25, -0.2) is 0 Å². The second kappa shape index (κ2) is 6.34. The van der Waals surface area contributed by atoms with Gasteiger partial charge in [-0.2, -0.15) is 0 Å². The quantitative estimate of drug-likeness (QED) is 0.507. The maximum absolute atomic E-state index is 9.97. The minimum atomic E-state index is -0.696. The van der Waals surface area contributed by atoms with Crippen LogP contribution >= 0.6 is 0 Å². The van der Waals surface area contributed by atoms with Crippen molar-refractivity contribution < 1.29 is 9.84 Å². The second-order valence-corrected chi connectivity index (χ2v) is 7.90. The molecule has 0 aliphatic carbocycles. The van der Waals surface area contributed by atoms with Gasteiger partial charge in [0, 0.05) is 5.54 Å². The summed E-state index contributed by atoms with van der Waals surface area (Å²) >= 11 is 0. The van der Waals surface area contributed by atoms with Crippen LogP contribution in [0.3, 0.4) is 0 Å². The van der Waals surface area contributed by atoms with Crippen LogP contribution in [0.1, 0.15) is 54.0 Å². The van der Waals surface area contributed by atoms with E-state index in [2.05, 4.69) is 26.1 Å². The van der Waals surface area contributed by atoms with Gasteiger partial charge in [-0.05, 0) is 50.8 Å². The van der Waals surface area contributed by atoms with Crippen LogP contribution < -0.4 is 21.5 Å². The maximum atomic E-state index is 9.97. The Morgan fingerprint density at radius 2 is 1.64 bits per heavy atom. The highest BCUT2D eigenvalue weighted by atomic mass is 16.5. The summed E-state index contributed by atoms with van der Waals surface area (Å²) in [6.45, 7) is 14.0. The highest BCUT2D eigenvalue weighted by Crippen LogP contribution is 2.35.